The summed E-state index contributed by atoms with van der Waals surface area (Å²) < 4.78 is 0. The number of carbonyl (C=O) groups is 1. The molecule has 0 saturated carbocycles. The maximum atomic E-state index is 11.1. The van der Waals surface area contributed by atoms with E-state index in [0.29, 0.717) is 13.1 Å². The third kappa shape index (κ3) is 4.23. The van der Waals surface area contributed by atoms with Gasteiger partial charge in [0, 0.05) is 31.5 Å². The van der Waals surface area contributed by atoms with Crippen LogP contribution in [0.3, 0.4) is 0 Å². The van der Waals surface area contributed by atoms with Crippen LogP contribution >= 0.6 is 11.8 Å². The van der Waals surface area contributed by atoms with Crippen LogP contribution in [0.5, 0.6) is 0 Å². The maximum Gasteiger partial charge on any atom is 0.221 e. The zero-order valence-corrected chi connectivity index (χ0v) is 11.9. The second kappa shape index (κ2) is 6.41. The number of thioether (sulfide) groups is 1. The summed E-state index contributed by atoms with van der Waals surface area (Å²) in [4.78, 5) is 11.1. The Balaban J connectivity index is 1.90. The summed E-state index contributed by atoms with van der Waals surface area (Å²) in [5.74, 6) is 1.76. The molecule has 1 aromatic carbocycles. The summed E-state index contributed by atoms with van der Waals surface area (Å²) in [6, 6.07) is 7.71. The van der Waals surface area contributed by atoms with Gasteiger partial charge in [0.25, 0.3) is 0 Å². The molecule has 1 amide bonds. The molecule has 1 saturated heterocycles. The number of anilines is 1. The van der Waals surface area contributed by atoms with Gasteiger partial charge in [0.1, 0.15) is 0 Å². The van der Waals surface area contributed by atoms with Gasteiger partial charge in [-0.15, -0.1) is 0 Å². The summed E-state index contributed by atoms with van der Waals surface area (Å²) in [6.07, 6.45) is 0.845. The Bertz CT molecular complexity index is 445. The molecule has 1 fully saturated rings. The monoisotopic (exact) mass is 280 g/mol. The quantitative estimate of drug-likeness (QED) is 0.767. The van der Waals surface area contributed by atoms with Crippen molar-refractivity contribution in [2.45, 2.75) is 25.5 Å². The van der Waals surface area contributed by atoms with Gasteiger partial charge in [-0.2, -0.15) is 11.8 Å². The molecule has 19 heavy (non-hydrogen) atoms. The second-order valence-corrected chi connectivity index (χ2v) is 6.07. The molecule has 1 aromatic rings. The lowest BCUT2D eigenvalue weighted by Crippen LogP contribution is -2.40. The predicted octanol–water partition coefficient (Wildman–Crippen LogP) is 1.60. The van der Waals surface area contributed by atoms with Gasteiger partial charge < -0.3 is 15.7 Å². The van der Waals surface area contributed by atoms with E-state index in [0.717, 1.165) is 29.2 Å². The smallest absolute Gasteiger partial charge is 0.221 e. The molecule has 5 heteroatoms. The second-order valence-electron chi connectivity index (χ2n) is 4.97. The lowest BCUT2D eigenvalue weighted by molar-refractivity contribution is -0.114. The molecule has 1 atom stereocenters. The molecule has 2 rings (SSSR count). The van der Waals surface area contributed by atoms with Crippen molar-refractivity contribution in [1.29, 1.82) is 0 Å². The fourth-order valence-corrected chi connectivity index (χ4v) is 3.45. The van der Waals surface area contributed by atoms with E-state index in [4.69, 9.17) is 0 Å². The van der Waals surface area contributed by atoms with Gasteiger partial charge in [-0.1, -0.05) is 18.2 Å². The normalized spacial score (nSPS) is 22.4. The van der Waals surface area contributed by atoms with E-state index in [1.807, 2.05) is 24.3 Å². The molecule has 1 aliphatic rings. The summed E-state index contributed by atoms with van der Waals surface area (Å²) in [6.45, 7) is 2.74. The minimum absolute atomic E-state index is 0.0710. The van der Waals surface area contributed by atoms with Crippen LogP contribution in [-0.2, 0) is 11.3 Å². The first-order valence-electron chi connectivity index (χ1n) is 6.45. The first kappa shape index (κ1) is 14.4. The van der Waals surface area contributed by atoms with E-state index in [9.17, 15) is 9.90 Å². The van der Waals surface area contributed by atoms with Crippen LogP contribution in [-0.4, -0.2) is 34.7 Å². The van der Waals surface area contributed by atoms with Gasteiger partial charge in [0.2, 0.25) is 5.91 Å². The van der Waals surface area contributed by atoms with Gasteiger partial charge in [-0.05, 0) is 23.8 Å². The van der Waals surface area contributed by atoms with Gasteiger partial charge in [0.15, 0.2) is 0 Å². The van der Waals surface area contributed by atoms with Crippen LogP contribution in [0.15, 0.2) is 24.3 Å². The van der Waals surface area contributed by atoms with Crippen LogP contribution in [0, 0.1) is 0 Å². The summed E-state index contributed by atoms with van der Waals surface area (Å²) in [5, 5.41) is 16.3. The van der Waals surface area contributed by atoms with Crippen LogP contribution in [0.25, 0.3) is 0 Å². The molecule has 104 valence electrons. The van der Waals surface area contributed by atoms with Crippen molar-refractivity contribution < 1.29 is 9.90 Å². The first-order chi connectivity index (χ1) is 9.09. The van der Waals surface area contributed by atoms with E-state index >= 15 is 0 Å². The highest BCUT2D eigenvalue weighted by molar-refractivity contribution is 7.99. The van der Waals surface area contributed by atoms with Crippen molar-refractivity contribution in [1.82, 2.24) is 5.32 Å². The van der Waals surface area contributed by atoms with Crippen LogP contribution in [0.4, 0.5) is 5.69 Å². The number of hydrogen-bond acceptors (Lipinski definition) is 4. The molecule has 4 nitrogen and oxygen atoms in total. The van der Waals surface area contributed by atoms with E-state index in [1.165, 1.54) is 6.92 Å². The molecule has 0 aliphatic carbocycles. The largest absolute Gasteiger partial charge is 0.388 e. The molecule has 0 spiro atoms. The highest BCUT2D eigenvalue weighted by atomic mass is 32.2. The third-order valence-corrected chi connectivity index (χ3v) is 4.41. The molecule has 1 unspecified atom stereocenters. The topological polar surface area (TPSA) is 61.4 Å². The number of para-hydroxylation sites is 1. The molecule has 0 aromatic heterocycles. The Hall–Kier alpha value is -1.04. The Labute approximate surface area is 118 Å². The van der Waals surface area contributed by atoms with Crippen LogP contribution in [0.1, 0.15) is 18.9 Å². The van der Waals surface area contributed by atoms with Gasteiger partial charge in [-0.25, -0.2) is 0 Å². The molecule has 1 heterocycles. The van der Waals surface area contributed by atoms with E-state index in [1.54, 1.807) is 11.8 Å². The number of carbonyl (C=O) groups excluding carboxylic acids is 1. The third-order valence-electron chi connectivity index (χ3n) is 3.18. The van der Waals surface area contributed by atoms with E-state index in [2.05, 4.69) is 10.6 Å². The molecule has 0 radical (unpaired) electrons. The van der Waals surface area contributed by atoms with Crippen molar-refractivity contribution in [3.8, 4) is 0 Å². The van der Waals surface area contributed by atoms with Crippen LogP contribution in [0.2, 0.25) is 0 Å². The molecular weight excluding hydrogens is 260 g/mol. The van der Waals surface area contributed by atoms with Gasteiger partial charge in [-0.3, -0.25) is 4.79 Å². The van der Waals surface area contributed by atoms with Gasteiger partial charge >= 0.3 is 0 Å². The molecular formula is C14H20N2O2S. The first-order valence-corrected chi connectivity index (χ1v) is 7.61. The summed E-state index contributed by atoms with van der Waals surface area (Å²) in [7, 11) is 0. The minimum Gasteiger partial charge on any atom is -0.388 e. The summed E-state index contributed by atoms with van der Waals surface area (Å²) >= 11 is 1.79. The Morgan fingerprint density at radius 2 is 2.26 bits per heavy atom. The average Bonchev–Trinajstić information content (AvgIpc) is 2.78. The Kier molecular flexibility index (Phi) is 4.85. The van der Waals surface area contributed by atoms with Crippen molar-refractivity contribution >= 4 is 23.4 Å². The Morgan fingerprint density at radius 3 is 2.95 bits per heavy atom. The van der Waals surface area contributed by atoms with E-state index in [-0.39, 0.29) is 5.91 Å². The molecule has 0 bridgehead atoms. The van der Waals surface area contributed by atoms with Crippen molar-refractivity contribution in [2.24, 2.45) is 0 Å². The standard InChI is InChI=1S/C14H20N2O2S/c1-11(17)16-13-5-3-2-4-12(13)8-15-9-14(18)6-7-19-10-14/h2-5,15,18H,6-10H2,1H3,(H,16,17). The fraction of sp³-hybridized carbons (Fsp3) is 0.500. The van der Waals surface area contributed by atoms with Crippen LogP contribution < -0.4 is 10.6 Å². The van der Waals surface area contributed by atoms with Crippen molar-refractivity contribution in [2.75, 3.05) is 23.4 Å². The Morgan fingerprint density at radius 1 is 1.47 bits per heavy atom. The number of aliphatic hydroxyl groups is 1. The number of benzene rings is 1. The fourth-order valence-electron chi connectivity index (χ4n) is 2.15. The van der Waals surface area contributed by atoms with E-state index < -0.39 is 5.60 Å². The average molecular weight is 280 g/mol. The van der Waals surface area contributed by atoms with Crippen molar-refractivity contribution in [3.05, 3.63) is 29.8 Å². The minimum atomic E-state index is -0.576. The SMILES string of the molecule is CC(=O)Nc1ccccc1CNCC1(O)CCSC1. The predicted molar refractivity (Wildman–Crippen MR) is 79.3 cm³/mol. The number of amides is 1. The lowest BCUT2D eigenvalue weighted by atomic mass is 10.0. The molecule has 1 aliphatic heterocycles. The summed E-state index contributed by atoms with van der Waals surface area (Å²) in [5.41, 5.74) is 1.29. The molecule has 3 N–H and O–H groups in total. The number of rotatable bonds is 5. The maximum absolute atomic E-state index is 11.1. The van der Waals surface area contributed by atoms with Crippen molar-refractivity contribution in [3.63, 3.8) is 0 Å². The highest BCUT2D eigenvalue weighted by Gasteiger charge is 2.30. The van der Waals surface area contributed by atoms with Gasteiger partial charge in [0.05, 0.1) is 5.60 Å². The number of hydrogen-bond donors (Lipinski definition) is 3. The zero-order valence-electron chi connectivity index (χ0n) is 11.1. The highest BCUT2D eigenvalue weighted by Crippen LogP contribution is 2.27. The number of nitrogens with one attached hydrogen (secondary N) is 2. The lowest BCUT2D eigenvalue weighted by Gasteiger charge is -2.22. The zero-order chi connectivity index (χ0) is 13.7.